The van der Waals surface area contributed by atoms with Crippen molar-refractivity contribution in [3.05, 3.63) is 48.2 Å². The van der Waals surface area contributed by atoms with Crippen LogP contribution < -0.4 is 5.32 Å². The largest absolute Gasteiger partial charge is 0.472 e. The van der Waals surface area contributed by atoms with Gasteiger partial charge in [-0.1, -0.05) is 17.4 Å². The zero-order valence-corrected chi connectivity index (χ0v) is 17.3. The van der Waals surface area contributed by atoms with Gasteiger partial charge in [0.25, 0.3) is 5.89 Å². The molecular weight excluding hydrogens is 402 g/mol. The van der Waals surface area contributed by atoms with Gasteiger partial charge in [-0.2, -0.15) is 0 Å². The van der Waals surface area contributed by atoms with Crippen LogP contribution in [-0.2, 0) is 4.79 Å². The van der Waals surface area contributed by atoms with E-state index >= 15 is 0 Å². The van der Waals surface area contributed by atoms with Crippen molar-refractivity contribution in [1.82, 2.24) is 20.1 Å². The second-order valence-electron chi connectivity index (χ2n) is 7.55. The van der Waals surface area contributed by atoms with Crippen molar-refractivity contribution < 1.29 is 13.6 Å². The molecule has 0 radical (unpaired) electrons. The van der Waals surface area contributed by atoms with E-state index in [0.717, 1.165) is 41.7 Å². The number of likely N-dealkylation sites (tertiary alicyclic amines) is 1. The number of amides is 1. The molecule has 0 spiro atoms. The van der Waals surface area contributed by atoms with E-state index in [2.05, 4.69) is 31.5 Å². The van der Waals surface area contributed by atoms with Gasteiger partial charge >= 0.3 is 0 Å². The molecule has 154 valence electrons. The first kappa shape index (κ1) is 19.0. The number of piperidine rings is 1. The Morgan fingerprint density at radius 1 is 1.27 bits per heavy atom. The number of rotatable bonds is 5. The molecule has 8 nitrogen and oxygen atoms in total. The van der Waals surface area contributed by atoms with Gasteiger partial charge in [0, 0.05) is 5.92 Å². The number of hydrogen-bond acceptors (Lipinski definition) is 8. The number of carbonyl (C=O) groups is 1. The molecule has 30 heavy (non-hydrogen) atoms. The topological polar surface area (TPSA) is 97.3 Å². The molecule has 0 unspecified atom stereocenters. The van der Waals surface area contributed by atoms with Crippen molar-refractivity contribution in [2.24, 2.45) is 0 Å². The summed E-state index contributed by atoms with van der Waals surface area (Å²) >= 11 is 1.50. The molecule has 4 heterocycles. The quantitative estimate of drug-likeness (QED) is 0.517. The first-order chi connectivity index (χ1) is 14.6. The van der Waals surface area contributed by atoms with Crippen LogP contribution in [0.25, 0.3) is 21.7 Å². The second-order valence-corrected chi connectivity index (χ2v) is 8.58. The maximum Gasteiger partial charge on any atom is 0.250 e. The number of nitrogens with one attached hydrogen (secondary N) is 1. The fraction of sp³-hybridized carbons (Fsp3) is 0.333. The first-order valence-electron chi connectivity index (χ1n) is 9.89. The number of benzene rings is 1. The van der Waals surface area contributed by atoms with Crippen molar-refractivity contribution in [1.29, 1.82) is 0 Å². The van der Waals surface area contributed by atoms with Crippen LogP contribution in [-0.4, -0.2) is 45.6 Å². The van der Waals surface area contributed by atoms with Crippen molar-refractivity contribution in [3.8, 4) is 11.5 Å². The number of nitrogens with zero attached hydrogens (tertiary/aromatic N) is 4. The molecule has 4 aromatic rings. The van der Waals surface area contributed by atoms with E-state index in [1.165, 1.54) is 16.9 Å². The molecule has 1 saturated heterocycles. The number of aromatic nitrogens is 3. The van der Waals surface area contributed by atoms with Gasteiger partial charge in [-0.05, 0) is 56.6 Å². The van der Waals surface area contributed by atoms with Gasteiger partial charge in [0.05, 0.1) is 28.6 Å². The van der Waals surface area contributed by atoms with Crippen LogP contribution in [0.2, 0.25) is 0 Å². The van der Waals surface area contributed by atoms with Gasteiger partial charge in [-0.25, -0.2) is 4.98 Å². The molecule has 1 N–H and O–H groups in total. The highest BCUT2D eigenvalue weighted by molar-refractivity contribution is 7.22. The summed E-state index contributed by atoms with van der Waals surface area (Å²) in [7, 11) is 0. The van der Waals surface area contributed by atoms with Gasteiger partial charge in [0.2, 0.25) is 11.8 Å². The highest BCUT2D eigenvalue weighted by Crippen LogP contribution is 2.30. The number of furan rings is 1. The highest BCUT2D eigenvalue weighted by Gasteiger charge is 2.26. The Kier molecular flexibility index (Phi) is 5.06. The van der Waals surface area contributed by atoms with Crippen molar-refractivity contribution in [3.63, 3.8) is 0 Å². The molecule has 0 saturated carbocycles. The van der Waals surface area contributed by atoms with E-state index in [9.17, 15) is 4.79 Å². The molecule has 3 aromatic heterocycles. The Labute approximate surface area is 176 Å². The van der Waals surface area contributed by atoms with E-state index in [0.29, 0.717) is 23.5 Å². The molecule has 0 atom stereocenters. The highest BCUT2D eigenvalue weighted by atomic mass is 32.1. The van der Waals surface area contributed by atoms with Gasteiger partial charge in [-0.3, -0.25) is 9.69 Å². The first-order valence-corrected chi connectivity index (χ1v) is 10.7. The van der Waals surface area contributed by atoms with Gasteiger partial charge in [0.1, 0.15) is 6.26 Å². The van der Waals surface area contributed by atoms with Crippen LogP contribution in [0.5, 0.6) is 0 Å². The van der Waals surface area contributed by atoms with Crippen molar-refractivity contribution >= 4 is 32.6 Å². The van der Waals surface area contributed by atoms with Crippen molar-refractivity contribution in [2.45, 2.75) is 25.7 Å². The van der Waals surface area contributed by atoms with Crippen LogP contribution in [0.1, 0.15) is 30.2 Å². The summed E-state index contributed by atoms with van der Waals surface area (Å²) < 4.78 is 12.0. The summed E-state index contributed by atoms with van der Waals surface area (Å²) in [4.78, 5) is 19.1. The molecule has 1 aliphatic rings. The van der Waals surface area contributed by atoms with Crippen LogP contribution in [0.15, 0.2) is 45.6 Å². The Morgan fingerprint density at radius 2 is 2.13 bits per heavy atom. The third-order valence-corrected chi connectivity index (χ3v) is 6.24. The lowest BCUT2D eigenvalue weighted by atomic mass is 9.97. The molecule has 0 bridgehead atoms. The van der Waals surface area contributed by atoms with Crippen LogP contribution in [0.3, 0.4) is 0 Å². The Bertz CT molecular complexity index is 1160. The molecule has 5 rings (SSSR count). The summed E-state index contributed by atoms with van der Waals surface area (Å²) in [6.45, 7) is 4.01. The minimum atomic E-state index is -0.0377. The average Bonchev–Trinajstić information content (AvgIpc) is 3.48. The predicted octanol–water partition coefficient (Wildman–Crippen LogP) is 4.07. The van der Waals surface area contributed by atoms with Crippen LogP contribution >= 0.6 is 11.3 Å². The maximum atomic E-state index is 12.5. The number of fused-ring (bicyclic) bond motifs is 1. The number of carbonyl (C=O) groups excluding carboxylic acids is 1. The summed E-state index contributed by atoms with van der Waals surface area (Å²) in [5, 5.41) is 11.9. The van der Waals surface area contributed by atoms with E-state index < -0.39 is 0 Å². The Balaban J connectivity index is 1.14. The maximum absolute atomic E-state index is 12.5. The molecule has 1 amide bonds. The monoisotopic (exact) mass is 423 g/mol. The number of hydrogen-bond donors (Lipinski definition) is 1. The lowest BCUT2D eigenvalue weighted by molar-refractivity contribution is -0.117. The van der Waals surface area contributed by atoms with Gasteiger partial charge < -0.3 is 14.2 Å². The zero-order valence-electron chi connectivity index (χ0n) is 16.5. The van der Waals surface area contributed by atoms with Gasteiger partial charge in [0.15, 0.2) is 5.13 Å². The minimum Gasteiger partial charge on any atom is -0.472 e. The molecule has 1 fully saturated rings. The summed E-state index contributed by atoms with van der Waals surface area (Å²) in [5.74, 6) is 1.31. The lowest BCUT2D eigenvalue weighted by Gasteiger charge is -2.29. The minimum absolute atomic E-state index is 0.0377. The second kappa shape index (κ2) is 8.00. The summed E-state index contributed by atoms with van der Waals surface area (Å²) in [6, 6.07) is 7.89. The van der Waals surface area contributed by atoms with E-state index in [-0.39, 0.29) is 11.8 Å². The third-order valence-electron chi connectivity index (χ3n) is 5.30. The van der Waals surface area contributed by atoms with Crippen LogP contribution in [0, 0.1) is 6.92 Å². The average molecular weight is 423 g/mol. The normalized spacial score (nSPS) is 15.6. The fourth-order valence-electron chi connectivity index (χ4n) is 3.69. The molecule has 9 heteroatoms. The lowest BCUT2D eigenvalue weighted by Crippen LogP contribution is -2.38. The number of thiazole rings is 1. The van der Waals surface area contributed by atoms with E-state index in [1.54, 1.807) is 18.6 Å². The number of anilines is 1. The molecule has 0 aliphatic carbocycles. The van der Waals surface area contributed by atoms with Crippen molar-refractivity contribution in [2.75, 3.05) is 25.0 Å². The Morgan fingerprint density at radius 3 is 2.93 bits per heavy atom. The van der Waals surface area contributed by atoms with Gasteiger partial charge in [-0.15, -0.1) is 10.2 Å². The predicted molar refractivity (Wildman–Crippen MR) is 113 cm³/mol. The smallest absolute Gasteiger partial charge is 0.250 e. The molecular formula is C21H21N5O3S. The Hall–Kier alpha value is -3.04. The van der Waals surface area contributed by atoms with Crippen LogP contribution in [0.4, 0.5) is 5.13 Å². The summed E-state index contributed by atoms with van der Waals surface area (Å²) in [5.41, 5.74) is 2.88. The fourth-order valence-corrected chi connectivity index (χ4v) is 4.67. The standard InChI is InChI=1S/C21H21N5O3S/c1-13-2-3-16-17(10-13)30-21(22-16)23-18(27)11-26-7-4-14(5-8-26)19-24-25-20(29-19)15-6-9-28-12-15/h2-3,6,9-10,12,14H,4-5,7-8,11H2,1H3,(H,22,23,27). The SMILES string of the molecule is Cc1ccc2nc(NC(=O)CN3CCC(c4nnc(-c5ccoc5)o4)CC3)sc2c1. The zero-order chi connectivity index (χ0) is 20.5. The van der Waals surface area contributed by atoms with E-state index in [4.69, 9.17) is 8.83 Å². The summed E-state index contributed by atoms with van der Waals surface area (Å²) in [6.07, 6.45) is 4.92. The van der Waals surface area contributed by atoms with E-state index in [1.807, 2.05) is 19.1 Å². The molecule has 1 aliphatic heterocycles. The number of aryl methyl sites for hydroxylation is 1. The molecule has 1 aromatic carbocycles. The third kappa shape index (κ3) is 3.99.